The topological polar surface area (TPSA) is 49.7 Å². The summed E-state index contributed by atoms with van der Waals surface area (Å²) in [5.41, 5.74) is 1.44. The normalized spacial score (nSPS) is 17.6. The number of hydrogen-bond donors (Lipinski definition) is 0. The van der Waals surface area contributed by atoms with Gasteiger partial charge in [-0.1, -0.05) is 6.07 Å². The summed E-state index contributed by atoms with van der Waals surface area (Å²) in [5.74, 6) is 0. The predicted molar refractivity (Wildman–Crippen MR) is 58.9 cm³/mol. The van der Waals surface area contributed by atoms with E-state index in [9.17, 15) is 8.42 Å². The minimum absolute atomic E-state index is 0.298. The molecule has 1 aliphatic heterocycles. The van der Waals surface area contributed by atoms with Crippen LogP contribution in [0.3, 0.4) is 0 Å². The van der Waals surface area contributed by atoms with Crippen molar-refractivity contribution in [2.75, 3.05) is 6.54 Å². The number of aryl methyl sites for hydroxylation is 1. The smallest absolute Gasteiger partial charge is 0.256 e. The summed E-state index contributed by atoms with van der Waals surface area (Å²) < 4.78 is 25.3. The van der Waals surface area contributed by atoms with Crippen LogP contribution < -0.4 is 0 Å². The van der Waals surface area contributed by atoms with Crippen molar-refractivity contribution >= 4 is 22.0 Å². The fraction of sp³-hybridized carbons (Fsp3) is 0.300. The van der Waals surface area contributed by atoms with Crippen LogP contribution in [0.5, 0.6) is 0 Å². The lowest BCUT2D eigenvalue weighted by molar-refractivity contribution is 0.534. The van der Waals surface area contributed by atoms with Crippen molar-refractivity contribution in [3.63, 3.8) is 0 Å². The van der Waals surface area contributed by atoms with Gasteiger partial charge in [0.1, 0.15) is 11.2 Å². The van der Waals surface area contributed by atoms with Crippen LogP contribution in [0.25, 0.3) is 0 Å². The minimum Gasteiger partial charge on any atom is -0.256 e. The third-order valence-corrected chi connectivity index (χ3v) is 4.19. The third kappa shape index (κ3) is 1.52. The molecule has 0 radical (unpaired) electrons. The maximum absolute atomic E-state index is 12.0. The van der Waals surface area contributed by atoms with Gasteiger partial charge in [0.2, 0.25) is 0 Å². The number of nitrogens with zero attached hydrogens (tertiary/aromatic N) is 2. The van der Waals surface area contributed by atoms with Gasteiger partial charge in [0.05, 0.1) is 5.69 Å². The number of fused-ring (bicyclic) bond motifs is 1. The van der Waals surface area contributed by atoms with Gasteiger partial charge in [-0.15, -0.1) is 0 Å². The van der Waals surface area contributed by atoms with E-state index in [-0.39, 0.29) is 0 Å². The van der Waals surface area contributed by atoms with Gasteiger partial charge in [0, 0.05) is 6.54 Å². The molecule has 0 atom stereocenters. The largest absolute Gasteiger partial charge is 0.267 e. The first-order valence-electron chi connectivity index (χ1n) is 4.72. The molecule has 0 aliphatic carbocycles. The Balaban J connectivity index is 2.68. The highest BCUT2D eigenvalue weighted by Gasteiger charge is 2.27. The van der Waals surface area contributed by atoms with Crippen LogP contribution in [0, 0.1) is 6.92 Å². The van der Waals surface area contributed by atoms with Gasteiger partial charge >= 0.3 is 0 Å². The quantitative estimate of drug-likeness (QED) is 0.728. The van der Waals surface area contributed by atoms with Gasteiger partial charge in [-0.05, 0) is 31.5 Å². The number of hydrogen-bond acceptors (Lipinski definition) is 3. The average Bonchev–Trinajstić information content (AvgIpc) is 2.19. The van der Waals surface area contributed by atoms with E-state index in [1.807, 2.05) is 13.0 Å². The second kappa shape index (κ2) is 3.34. The van der Waals surface area contributed by atoms with E-state index in [1.165, 1.54) is 10.6 Å². The van der Waals surface area contributed by atoms with Gasteiger partial charge < -0.3 is 0 Å². The van der Waals surface area contributed by atoms with Crippen molar-refractivity contribution in [3.05, 3.63) is 23.8 Å². The molecule has 0 saturated carbocycles. The molecular weight excluding hydrogens is 212 g/mol. The Hall–Kier alpha value is -1.36. The zero-order valence-electron chi connectivity index (χ0n) is 8.64. The fourth-order valence-electron chi connectivity index (χ4n) is 1.50. The van der Waals surface area contributed by atoms with Crippen LogP contribution in [0.15, 0.2) is 28.1 Å². The number of aliphatic imine (C=N–C) groups is 1. The van der Waals surface area contributed by atoms with E-state index in [0.717, 1.165) is 5.56 Å². The van der Waals surface area contributed by atoms with Crippen molar-refractivity contribution < 1.29 is 8.42 Å². The SMILES string of the molecule is CCN1C=Nc2ccc(C)cc2S1(=O)=O. The van der Waals surface area contributed by atoms with E-state index < -0.39 is 10.0 Å². The molecule has 0 amide bonds. The van der Waals surface area contributed by atoms with Crippen LogP contribution in [-0.2, 0) is 10.0 Å². The first-order valence-corrected chi connectivity index (χ1v) is 6.16. The van der Waals surface area contributed by atoms with Gasteiger partial charge in [-0.3, -0.25) is 4.31 Å². The molecule has 4 nitrogen and oxygen atoms in total. The summed E-state index contributed by atoms with van der Waals surface area (Å²) in [6.07, 6.45) is 1.37. The molecule has 0 saturated heterocycles. The molecule has 1 aromatic rings. The Morgan fingerprint density at radius 1 is 1.40 bits per heavy atom. The Kier molecular flexibility index (Phi) is 2.26. The summed E-state index contributed by atoms with van der Waals surface area (Å²) in [5, 5.41) is 0. The highest BCUT2D eigenvalue weighted by Crippen LogP contribution is 2.30. The Labute approximate surface area is 89.3 Å². The molecule has 5 heteroatoms. The molecule has 1 aliphatic rings. The van der Waals surface area contributed by atoms with E-state index in [4.69, 9.17) is 0 Å². The van der Waals surface area contributed by atoms with Crippen molar-refractivity contribution in [1.82, 2.24) is 4.31 Å². The Morgan fingerprint density at radius 2 is 2.13 bits per heavy atom. The number of sulfonamides is 1. The minimum atomic E-state index is -3.37. The van der Waals surface area contributed by atoms with Crippen molar-refractivity contribution in [1.29, 1.82) is 0 Å². The second-order valence-electron chi connectivity index (χ2n) is 3.42. The molecule has 0 aromatic heterocycles. The maximum atomic E-state index is 12.0. The lowest BCUT2D eigenvalue weighted by Crippen LogP contribution is -2.31. The first-order chi connectivity index (χ1) is 7.05. The molecular formula is C10H12N2O2S. The Bertz CT molecular complexity index is 520. The van der Waals surface area contributed by atoms with Crippen molar-refractivity contribution in [2.24, 2.45) is 4.99 Å². The average molecular weight is 224 g/mol. The molecule has 2 rings (SSSR count). The second-order valence-corrected chi connectivity index (χ2v) is 5.28. The predicted octanol–water partition coefficient (Wildman–Crippen LogP) is 1.68. The van der Waals surface area contributed by atoms with Gasteiger partial charge in [-0.2, -0.15) is 0 Å². The van der Waals surface area contributed by atoms with Crippen LogP contribution in [0.1, 0.15) is 12.5 Å². The summed E-state index contributed by atoms with van der Waals surface area (Å²) in [6, 6.07) is 5.24. The standard InChI is InChI=1S/C10H12N2O2S/c1-3-12-7-11-9-5-4-8(2)6-10(9)15(12,13)14/h4-7H,3H2,1-2H3. The highest BCUT2D eigenvalue weighted by molar-refractivity contribution is 7.89. The summed E-state index contributed by atoms with van der Waals surface area (Å²) in [6.45, 7) is 4.05. The zero-order valence-corrected chi connectivity index (χ0v) is 9.45. The molecule has 1 aromatic carbocycles. The molecule has 80 valence electrons. The Morgan fingerprint density at radius 3 is 2.80 bits per heavy atom. The van der Waals surface area contributed by atoms with Crippen LogP contribution >= 0.6 is 0 Å². The summed E-state index contributed by atoms with van der Waals surface area (Å²) >= 11 is 0. The van der Waals surface area contributed by atoms with Crippen LogP contribution in [-0.4, -0.2) is 25.6 Å². The summed E-state index contributed by atoms with van der Waals surface area (Å²) in [7, 11) is -3.37. The molecule has 1 heterocycles. The monoisotopic (exact) mass is 224 g/mol. The maximum Gasteiger partial charge on any atom is 0.267 e. The van der Waals surface area contributed by atoms with Crippen molar-refractivity contribution in [2.45, 2.75) is 18.7 Å². The highest BCUT2D eigenvalue weighted by atomic mass is 32.2. The molecule has 0 fully saturated rings. The van der Waals surface area contributed by atoms with Crippen LogP contribution in [0.4, 0.5) is 5.69 Å². The van der Waals surface area contributed by atoms with Crippen LogP contribution in [0.2, 0.25) is 0 Å². The molecule has 15 heavy (non-hydrogen) atoms. The summed E-state index contributed by atoms with van der Waals surface area (Å²) in [4.78, 5) is 4.40. The molecule has 0 spiro atoms. The molecule has 0 N–H and O–H groups in total. The number of rotatable bonds is 1. The zero-order chi connectivity index (χ0) is 11.1. The van der Waals surface area contributed by atoms with Crippen molar-refractivity contribution in [3.8, 4) is 0 Å². The molecule has 0 unspecified atom stereocenters. The van der Waals surface area contributed by atoms with E-state index >= 15 is 0 Å². The number of benzene rings is 1. The van der Waals surface area contributed by atoms with Gasteiger partial charge in [0.15, 0.2) is 0 Å². The van der Waals surface area contributed by atoms with E-state index in [0.29, 0.717) is 17.1 Å². The molecule has 0 bridgehead atoms. The third-order valence-electron chi connectivity index (χ3n) is 2.34. The van der Waals surface area contributed by atoms with Gasteiger partial charge in [0.25, 0.3) is 10.0 Å². The lowest BCUT2D eigenvalue weighted by atomic mass is 10.2. The fourth-order valence-corrected chi connectivity index (χ4v) is 2.98. The lowest BCUT2D eigenvalue weighted by Gasteiger charge is -2.22. The first kappa shape index (κ1) is 10.2. The van der Waals surface area contributed by atoms with Gasteiger partial charge in [-0.25, -0.2) is 13.4 Å². The van der Waals surface area contributed by atoms with E-state index in [2.05, 4.69) is 4.99 Å². The van der Waals surface area contributed by atoms with E-state index in [1.54, 1.807) is 19.1 Å².